The first-order chi connectivity index (χ1) is 9.00. The molecule has 0 aliphatic carbocycles. The van der Waals surface area contributed by atoms with Crippen molar-refractivity contribution in [3.05, 3.63) is 28.3 Å². The Morgan fingerprint density at radius 2 is 2.05 bits per heavy atom. The summed E-state index contributed by atoms with van der Waals surface area (Å²) in [6, 6.07) is 5.37. The number of nitro benzene ring substituents is 1. The number of piperidine rings is 1. The highest BCUT2D eigenvalue weighted by Crippen LogP contribution is 2.33. The summed E-state index contributed by atoms with van der Waals surface area (Å²) in [6.45, 7) is 2.09. The van der Waals surface area contributed by atoms with Gasteiger partial charge in [0.1, 0.15) is 5.69 Å². The third-order valence-electron chi connectivity index (χ3n) is 3.87. The summed E-state index contributed by atoms with van der Waals surface area (Å²) in [5, 5.41) is 10.9. The van der Waals surface area contributed by atoms with Gasteiger partial charge in [-0.25, -0.2) is 0 Å². The van der Waals surface area contributed by atoms with Crippen molar-refractivity contribution in [3.63, 3.8) is 0 Å². The van der Waals surface area contributed by atoms with Crippen LogP contribution in [0.5, 0.6) is 0 Å². The predicted molar refractivity (Wildman–Crippen MR) is 76.4 cm³/mol. The van der Waals surface area contributed by atoms with E-state index in [0.717, 1.165) is 31.6 Å². The second-order valence-electron chi connectivity index (χ2n) is 5.11. The van der Waals surface area contributed by atoms with E-state index in [1.807, 2.05) is 13.1 Å². The molecule has 1 saturated heterocycles. The first kappa shape index (κ1) is 13.6. The van der Waals surface area contributed by atoms with Crippen molar-refractivity contribution in [2.45, 2.75) is 18.9 Å². The van der Waals surface area contributed by atoms with E-state index in [2.05, 4.69) is 16.8 Å². The van der Waals surface area contributed by atoms with Crippen LogP contribution in [0.3, 0.4) is 0 Å². The molecule has 1 fully saturated rings. The van der Waals surface area contributed by atoms with Crippen LogP contribution in [0.25, 0.3) is 0 Å². The first-order valence-corrected chi connectivity index (χ1v) is 6.45. The summed E-state index contributed by atoms with van der Waals surface area (Å²) in [6.07, 6.45) is 2.10. The second-order valence-corrected chi connectivity index (χ2v) is 5.11. The molecule has 2 N–H and O–H groups in total. The van der Waals surface area contributed by atoms with Gasteiger partial charge < -0.3 is 15.5 Å². The summed E-state index contributed by atoms with van der Waals surface area (Å²) in [7, 11) is 4.07. The van der Waals surface area contributed by atoms with Gasteiger partial charge in [-0.3, -0.25) is 10.1 Å². The monoisotopic (exact) mass is 264 g/mol. The Labute approximate surface area is 112 Å². The van der Waals surface area contributed by atoms with Crippen LogP contribution in [0.2, 0.25) is 0 Å². The number of para-hydroxylation sites is 1. The summed E-state index contributed by atoms with van der Waals surface area (Å²) in [5.41, 5.74) is 6.92. The molecule has 1 heterocycles. The fraction of sp³-hybridized carbons (Fsp3) is 0.538. The van der Waals surface area contributed by atoms with Gasteiger partial charge in [0.05, 0.1) is 10.6 Å². The largest absolute Gasteiger partial charge is 0.391 e. The number of nitrogens with zero attached hydrogens (tertiary/aromatic N) is 3. The molecule has 1 aromatic rings. The molecule has 6 nitrogen and oxygen atoms in total. The molecule has 1 aliphatic rings. The molecule has 0 spiro atoms. The van der Waals surface area contributed by atoms with Crippen LogP contribution in [0, 0.1) is 10.1 Å². The number of nitrogen functional groups attached to an aromatic ring is 1. The highest BCUT2D eigenvalue weighted by atomic mass is 16.6. The van der Waals surface area contributed by atoms with Gasteiger partial charge in [0.2, 0.25) is 0 Å². The summed E-state index contributed by atoms with van der Waals surface area (Å²) >= 11 is 0. The molecule has 0 bridgehead atoms. The van der Waals surface area contributed by atoms with Crippen LogP contribution in [-0.2, 0) is 0 Å². The Hall–Kier alpha value is -1.82. The third-order valence-corrected chi connectivity index (χ3v) is 3.87. The van der Waals surface area contributed by atoms with E-state index >= 15 is 0 Å². The highest BCUT2D eigenvalue weighted by Gasteiger charge is 2.24. The summed E-state index contributed by atoms with van der Waals surface area (Å²) in [5.74, 6) is 0. The van der Waals surface area contributed by atoms with Gasteiger partial charge in [0.15, 0.2) is 0 Å². The standard InChI is InChI=1S/C13H20N4O2/c1-15-8-6-10(7-9-15)16(2)11-4-3-5-12(13(11)14)17(18)19/h3-5,10H,6-9,14H2,1-2H3. The van der Waals surface area contributed by atoms with Crippen molar-refractivity contribution >= 4 is 17.1 Å². The van der Waals surface area contributed by atoms with Gasteiger partial charge in [-0.1, -0.05) is 6.07 Å². The number of hydrogen-bond donors (Lipinski definition) is 1. The molecule has 0 aromatic heterocycles. The molecule has 2 rings (SSSR count). The second kappa shape index (κ2) is 5.44. The third kappa shape index (κ3) is 2.78. The van der Waals surface area contributed by atoms with Gasteiger partial charge in [0.25, 0.3) is 5.69 Å². The van der Waals surface area contributed by atoms with Crippen molar-refractivity contribution in [2.75, 3.05) is 37.8 Å². The van der Waals surface area contributed by atoms with Crippen LogP contribution >= 0.6 is 0 Å². The minimum atomic E-state index is -0.429. The number of likely N-dealkylation sites (tertiary alicyclic amines) is 1. The lowest BCUT2D eigenvalue weighted by Crippen LogP contribution is -2.42. The van der Waals surface area contributed by atoms with Crippen molar-refractivity contribution in [3.8, 4) is 0 Å². The number of benzene rings is 1. The summed E-state index contributed by atoms with van der Waals surface area (Å²) < 4.78 is 0. The first-order valence-electron chi connectivity index (χ1n) is 6.45. The SMILES string of the molecule is CN1CCC(N(C)c2cccc([N+](=O)[O-])c2N)CC1. The fourth-order valence-electron chi connectivity index (χ4n) is 2.59. The van der Waals surface area contributed by atoms with Crippen molar-refractivity contribution in [2.24, 2.45) is 0 Å². The number of nitrogens with two attached hydrogens (primary N) is 1. The maximum atomic E-state index is 10.9. The topological polar surface area (TPSA) is 75.6 Å². The maximum Gasteiger partial charge on any atom is 0.294 e. The lowest BCUT2D eigenvalue weighted by molar-refractivity contribution is -0.383. The van der Waals surface area contributed by atoms with Gasteiger partial charge in [0, 0.05) is 19.2 Å². The lowest BCUT2D eigenvalue weighted by atomic mass is 10.0. The van der Waals surface area contributed by atoms with Gasteiger partial charge in [-0.15, -0.1) is 0 Å². The van der Waals surface area contributed by atoms with Crippen LogP contribution in [0.15, 0.2) is 18.2 Å². The van der Waals surface area contributed by atoms with Crippen LogP contribution < -0.4 is 10.6 Å². The van der Waals surface area contributed by atoms with Crippen molar-refractivity contribution < 1.29 is 4.92 Å². The predicted octanol–water partition coefficient (Wildman–Crippen LogP) is 1.71. The molecule has 0 unspecified atom stereocenters. The Balaban J connectivity index is 2.21. The zero-order chi connectivity index (χ0) is 14.0. The van der Waals surface area contributed by atoms with Crippen LogP contribution in [0.1, 0.15) is 12.8 Å². The average Bonchev–Trinajstić information content (AvgIpc) is 2.38. The van der Waals surface area contributed by atoms with E-state index in [0.29, 0.717) is 6.04 Å². The van der Waals surface area contributed by atoms with Crippen LogP contribution in [-0.4, -0.2) is 43.0 Å². The van der Waals surface area contributed by atoms with Gasteiger partial charge >= 0.3 is 0 Å². The zero-order valence-corrected chi connectivity index (χ0v) is 11.4. The molecule has 1 aromatic carbocycles. The molecule has 104 valence electrons. The molecular formula is C13H20N4O2. The van der Waals surface area contributed by atoms with E-state index in [1.54, 1.807) is 6.07 Å². The Kier molecular flexibility index (Phi) is 3.90. The molecule has 0 radical (unpaired) electrons. The van der Waals surface area contributed by atoms with E-state index in [9.17, 15) is 10.1 Å². The smallest absolute Gasteiger partial charge is 0.294 e. The summed E-state index contributed by atoms with van der Waals surface area (Å²) in [4.78, 5) is 14.9. The fourth-order valence-corrected chi connectivity index (χ4v) is 2.59. The Bertz CT molecular complexity index is 470. The molecule has 0 amide bonds. The lowest BCUT2D eigenvalue weighted by Gasteiger charge is -2.36. The maximum absolute atomic E-state index is 10.9. The van der Waals surface area contributed by atoms with E-state index in [4.69, 9.17) is 5.73 Å². The van der Waals surface area contributed by atoms with Gasteiger partial charge in [-0.05, 0) is 39.0 Å². The number of hydrogen-bond acceptors (Lipinski definition) is 5. The average molecular weight is 264 g/mol. The minimum absolute atomic E-state index is 0.0164. The molecule has 0 atom stereocenters. The Morgan fingerprint density at radius 1 is 1.42 bits per heavy atom. The number of rotatable bonds is 3. The Morgan fingerprint density at radius 3 is 2.63 bits per heavy atom. The number of nitro groups is 1. The van der Waals surface area contributed by atoms with E-state index < -0.39 is 4.92 Å². The van der Waals surface area contributed by atoms with Crippen molar-refractivity contribution in [1.82, 2.24) is 4.90 Å². The van der Waals surface area contributed by atoms with Crippen LogP contribution in [0.4, 0.5) is 17.1 Å². The zero-order valence-electron chi connectivity index (χ0n) is 11.4. The normalized spacial score (nSPS) is 17.4. The van der Waals surface area contributed by atoms with E-state index in [-0.39, 0.29) is 11.4 Å². The highest BCUT2D eigenvalue weighted by molar-refractivity contribution is 5.77. The van der Waals surface area contributed by atoms with E-state index in [1.165, 1.54) is 6.07 Å². The molecule has 6 heteroatoms. The molecule has 1 aliphatic heterocycles. The minimum Gasteiger partial charge on any atom is -0.391 e. The molecule has 0 saturated carbocycles. The molecule has 19 heavy (non-hydrogen) atoms. The quantitative estimate of drug-likeness (QED) is 0.511. The van der Waals surface area contributed by atoms with Gasteiger partial charge in [-0.2, -0.15) is 0 Å². The van der Waals surface area contributed by atoms with Crippen molar-refractivity contribution in [1.29, 1.82) is 0 Å². The number of anilines is 2. The molecular weight excluding hydrogens is 244 g/mol.